The first-order chi connectivity index (χ1) is 11.6. The summed E-state index contributed by atoms with van der Waals surface area (Å²) in [5, 5.41) is 0. The first-order valence-electron chi connectivity index (χ1n) is 7.68. The lowest BCUT2D eigenvalue weighted by Gasteiger charge is -2.25. The van der Waals surface area contributed by atoms with E-state index >= 15 is 0 Å². The van der Waals surface area contributed by atoms with Crippen molar-refractivity contribution in [2.45, 2.75) is 26.1 Å². The standard InChI is InChI=1S/C19H20O5/c1-3-22-17(20)19(2,23-14-15-10-6-4-7-11-15)18(21)24-16-12-8-5-9-13-16/h4-13H,3,14H2,1-2H3/t19-/m0/s1. The highest BCUT2D eigenvalue weighted by Gasteiger charge is 2.46. The maximum atomic E-state index is 12.5. The van der Waals surface area contributed by atoms with Gasteiger partial charge in [0.05, 0.1) is 13.2 Å². The van der Waals surface area contributed by atoms with Crippen molar-refractivity contribution in [1.29, 1.82) is 0 Å². The number of carbonyl (C=O) groups is 2. The fourth-order valence-corrected chi connectivity index (χ4v) is 1.96. The molecule has 0 saturated heterocycles. The molecule has 0 aliphatic carbocycles. The third-order valence-corrected chi connectivity index (χ3v) is 3.38. The third-order valence-electron chi connectivity index (χ3n) is 3.38. The molecule has 0 aromatic heterocycles. The number of rotatable bonds is 7. The number of esters is 2. The Morgan fingerprint density at radius 3 is 2.08 bits per heavy atom. The molecule has 0 unspecified atom stereocenters. The van der Waals surface area contributed by atoms with Crippen LogP contribution in [0, 0.1) is 0 Å². The summed E-state index contributed by atoms with van der Waals surface area (Å²) < 4.78 is 15.9. The molecular weight excluding hydrogens is 308 g/mol. The van der Waals surface area contributed by atoms with Gasteiger partial charge in [0, 0.05) is 0 Å². The average Bonchev–Trinajstić information content (AvgIpc) is 2.61. The van der Waals surface area contributed by atoms with Crippen LogP contribution in [0.1, 0.15) is 19.4 Å². The summed E-state index contributed by atoms with van der Waals surface area (Å²) in [6.07, 6.45) is 0. The topological polar surface area (TPSA) is 61.8 Å². The SMILES string of the molecule is CCOC(=O)[C@](C)(OCc1ccccc1)C(=O)Oc1ccccc1. The van der Waals surface area contributed by atoms with Crippen molar-refractivity contribution in [3.8, 4) is 5.75 Å². The lowest BCUT2D eigenvalue weighted by molar-refractivity contribution is -0.184. The van der Waals surface area contributed by atoms with E-state index in [9.17, 15) is 9.59 Å². The van der Waals surface area contributed by atoms with Crippen molar-refractivity contribution >= 4 is 11.9 Å². The van der Waals surface area contributed by atoms with E-state index in [-0.39, 0.29) is 13.2 Å². The second-order valence-electron chi connectivity index (χ2n) is 5.23. The molecule has 0 amide bonds. The summed E-state index contributed by atoms with van der Waals surface area (Å²) in [7, 11) is 0. The fourth-order valence-electron chi connectivity index (χ4n) is 1.96. The lowest BCUT2D eigenvalue weighted by atomic mass is 10.1. The highest BCUT2D eigenvalue weighted by molar-refractivity contribution is 6.03. The van der Waals surface area contributed by atoms with Crippen LogP contribution in [0.5, 0.6) is 5.75 Å². The quantitative estimate of drug-likeness (QED) is 0.444. The van der Waals surface area contributed by atoms with Gasteiger partial charge >= 0.3 is 11.9 Å². The number of ether oxygens (including phenoxy) is 3. The Balaban J connectivity index is 2.15. The number of benzene rings is 2. The largest absolute Gasteiger partial charge is 0.463 e. The van der Waals surface area contributed by atoms with Gasteiger partial charge in [-0.25, -0.2) is 9.59 Å². The van der Waals surface area contributed by atoms with E-state index in [0.29, 0.717) is 5.75 Å². The molecule has 0 aliphatic rings. The van der Waals surface area contributed by atoms with Crippen LogP contribution in [0.25, 0.3) is 0 Å². The second-order valence-corrected chi connectivity index (χ2v) is 5.23. The molecule has 0 bridgehead atoms. The van der Waals surface area contributed by atoms with Gasteiger partial charge in [-0.2, -0.15) is 0 Å². The van der Waals surface area contributed by atoms with Gasteiger partial charge in [-0.05, 0) is 31.5 Å². The molecule has 126 valence electrons. The van der Waals surface area contributed by atoms with Crippen LogP contribution < -0.4 is 4.74 Å². The van der Waals surface area contributed by atoms with Crippen LogP contribution in [0.2, 0.25) is 0 Å². The predicted molar refractivity (Wildman–Crippen MR) is 88.3 cm³/mol. The molecule has 0 spiro atoms. The summed E-state index contributed by atoms with van der Waals surface area (Å²) in [5.41, 5.74) is -1.01. The van der Waals surface area contributed by atoms with Gasteiger partial charge in [-0.15, -0.1) is 0 Å². The molecular formula is C19H20O5. The molecule has 2 aromatic rings. The zero-order chi connectivity index (χ0) is 17.4. The van der Waals surface area contributed by atoms with Crippen molar-refractivity contribution in [2.75, 3.05) is 6.61 Å². The minimum absolute atomic E-state index is 0.0834. The number of hydrogen-bond acceptors (Lipinski definition) is 5. The molecule has 0 aliphatic heterocycles. The maximum Gasteiger partial charge on any atom is 0.355 e. The first-order valence-corrected chi connectivity index (χ1v) is 7.68. The van der Waals surface area contributed by atoms with E-state index in [2.05, 4.69) is 0 Å². The summed E-state index contributed by atoms with van der Waals surface area (Å²) in [5.74, 6) is -1.26. The van der Waals surface area contributed by atoms with Crippen LogP contribution in [0.3, 0.4) is 0 Å². The normalized spacial score (nSPS) is 12.9. The molecule has 0 fully saturated rings. The van der Waals surface area contributed by atoms with Crippen LogP contribution in [-0.2, 0) is 25.7 Å². The van der Waals surface area contributed by atoms with E-state index in [1.807, 2.05) is 30.3 Å². The van der Waals surface area contributed by atoms with Crippen molar-refractivity contribution in [2.24, 2.45) is 0 Å². The van der Waals surface area contributed by atoms with Gasteiger partial charge in [0.1, 0.15) is 5.75 Å². The smallest absolute Gasteiger partial charge is 0.355 e. The summed E-state index contributed by atoms with van der Waals surface area (Å²) in [6, 6.07) is 17.8. The van der Waals surface area contributed by atoms with Crippen LogP contribution >= 0.6 is 0 Å². The van der Waals surface area contributed by atoms with E-state index in [4.69, 9.17) is 14.2 Å². The highest BCUT2D eigenvalue weighted by atomic mass is 16.6. The fraction of sp³-hybridized carbons (Fsp3) is 0.263. The predicted octanol–water partition coefficient (Wildman–Crippen LogP) is 3.13. The van der Waals surface area contributed by atoms with Gasteiger partial charge in [0.25, 0.3) is 5.60 Å². The lowest BCUT2D eigenvalue weighted by Crippen LogP contribution is -2.49. The molecule has 1 atom stereocenters. The number of hydrogen-bond donors (Lipinski definition) is 0. The van der Waals surface area contributed by atoms with E-state index in [0.717, 1.165) is 5.56 Å². The van der Waals surface area contributed by atoms with E-state index in [1.54, 1.807) is 37.3 Å². The molecule has 0 heterocycles. The van der Waals surface area contributed by atoms with Gasteiger partial charge in [-0.3, -0.25) is 0 Å². The Morgan fingerprint density at radius 2 is 1.50 bits per heavy atom. The molecule has 0 saturated carbocycles. The zero-order valence-electron chi connectivity index (χ0n) is 13.7. The van der Waals surface area contributed by atoms with Gasteiger partial charge in [-0.1, -0.05) is 48.5 Å². The maximum absolute atomic E-state index is 12.5. The third kappa shape index (κ3) is 4.43. The molecule has 5 nitrogen and oxygen atoms in total. The molecule has 5 heteroatoms. The molecule has 2 aromatic carbocycles. The minimum Gasteiger partial charge on any atom is -0.463 e. The molecule has 2 rings (SSSR count). The Morgan fingerprint density at radius 1 is 0.917 bits per heavy atom. The van der Waals surface area contributed by atoms with Gasteiger partial charge in [0.2, 0.25) is 0 Å². The molecule has 0 radical (unpaired) electrons. The van der Waals surface area contributed by atoms with Crippen molar-refractivity contribution in [1.82, 2.24) is 0 Å². The summed E-state index contributed by atoms with van der Waals surface area (Å²) in [6.45, 7) is 3.25. The highest BCUT2D eigenvalue weighted by Crippen LogP contribution is 2.20. The van der Waals surface area contributed by atoms with Crippen molar-refractivity contribution in [3.63, 3.8) is 0 Å². The monoisotopic (exact) mass is 328 g/mol. The van der Waals surface area contributed by atoms with E-state index in [1.165, 1.54) is 6.92 Å². The second kappa shape index (κ2) is 8.26. The Hall–Kier alpha value is -2.66. The van der Waals surface area contributed by atoms with Crippen LogP contribution in [-0.4, -0.2) is 24.1 Å². The number of carbonyl (C=O) groups excluding carboxylic acids is 2. The van der Waals surface area contributed by atoms with Crippen molar-refractivity contribution in [3.05, 3.63) is 66.2 Å². The zero-order valence-corrected chi connectivity index (χ0v) is 13.7. The molecule has 24 heavy (non-hydrogen) atoms. The summed E-state index contributed by atoms with van der Waals surface area (Å²) in [4.78, 5) is 24.8. The first kappa shape index (κ1) is 17.7. The van der Waals surface area contributed by atoms with Gasteiger partial charge < -0.3 is 14.2 Å². The van der Waals surface area contributed by atoms with Gasteiger partial charge in [0.15, 0.2) is 0 Å². The minimum atomic E-state index is -1.85. The van der Waals surface area contributed by atoms with Crippen molar-refractivity contribution < 1.29 is 23.8 Å². The molecule has 0 N–H and O–H groups in total. The van der Waals surface area contributed by atoms with Crippen LogP contribution in [0.15, 0.2) is 60.7 Å². The van der Waals surface area contributed by atoms with E-state index < -0.39 is 17.5 Å². The number of para-hydroxylation sites is 1. The Labute approximate surface area is 141 Å². The average molecular weight is 328 g/mol. The summed E-state index contributed by atoms with van der Waals surface area (Å²) >= 11 is 0. The van der Waals surface area contributed by atoms with Crippen LogP contribution in [0.4, 0.5) is 0 Å². The Kier molecular flexibility index (Phi) is 6.09. The Bertz CT molecular complexity index is 669.